The summed E-state index contributed by atoms with van der Waals surface area (Å²) in [7, 11) is 0. The molecule has 0 atom stereocenters. The molecule has 26 heavy (non-hydrogen) atoms. The number of carbonyl (C=O) groups is 1. The summed E-state index contributed by atoms with van der Waals surface area (Å²) < 4.78 is 37.4. The predicted octanol–water partition coefficient (Wildman–Crippen LogP) is 3.96. The molecule has 0 saturated carbocycles. The van der Waals surface area contributed by atoms with Crippen molar-refractivity contribution in [3.63, 3.8) is 0 Å². The fourth-order valence-corrected chi connectivity index (χ4v) is 2.06. The van der Waals surface area contributed by atoms with Crippen LogP contribution in [-0.2, 0) is 6.18 Å². The Morgan fingerprint density at radius 3 is 2.04 bits per heavy atom. The molecule has 1 fully saturated rings. The normalized spacial score (nSPS) is 15.2. The number of thiol groups is 1. The Bertz CT molecular complexity index is 544. The van der Waals surface area contributed by atoms with Crippen LogP contribution in [0.3, 0.4) is 0 Å². The monoisotopic (exact) mass is 399 g/mol. The summed E-state index contributed by atoms with van der Waals surface area (Å²) in [4.78, 5) is 11.7. The standard InChI is InChI=1S/C13H16F3N3O.C4H10S.H2O.2H2/c14-13(15,16)9-1-3-10(4-2-9)18-12(20)19-11-5-7-17-8-6-11;1-4(2,3)5;;;/h1-4,11,17H,5-8H2,(H2,18,19,20);5H,1-3H3;1H2;2*1H. The first-order valence-electron chi connectivity index (χ1n) is 8.13. The molecule has 5 nitrogen and oxygen atoms in total. The minimum Gasteiger partial charge on any atom is -0.412 e. The second-order valence-electron chi connectivity index (χ2n) is 6.87. The van der Waals surface area contributed by atoms with Gasteiger partial charge in [-0.25, -0.2) is 4.79 Å². The van der Waals surface area contributed by atoms with Crippen LogP contribution in [0.2, 0.25) is 0 Å². The zero-order chi connectivity index (χ0) is 19.1. The quantitative estimate of drug-likeness (QED) is 0.568. The van der Waals surface area contributed by atoms with Crippen LogP contribution in [0.4, 0.5) is 23.7 Å². The van der Waals surface area contributed by atoms with E-state index in [0.29, 0.717) is 5.69 Å². The number of piperidine rings is 1. The summed E-state index contributed by atoms with van der Waals surface area (Å²) in [5, 5.41) is 8.51. The first-order valence-corrected chi connectivity index (χ1v) is 8.58. The lowest BCUT2D eigenvalue weighted by molar-refractivity contribution is -0.137. The number of nitrogens with one attached hydrogen (secondary N) is 3. The van der Waals surface area contributed by atoms with Gasteiger partial charge in [-0.1, -0.05) is 20.8 Å². The lowest BCUT2D eigenvalue weighted by atomic mass is 10.1. The van der Waals surface area contributed by atoms with E-state index in [4.69, 9.17) is 0 Å². The van der Waals surface area contributed by atoms with Crippen LogP contribution < -0.4 is 16.0 Å². The van der Waals surface area contributed by atoms with Crippen LogP contribution in [0.1, 0.15) is 42.0 Å². The van der Waals surface area contributed by atoms with Gasteiger partial charge in [0.05, 0.1) is 5.56 Å². The number of carbonyl (C=O) groups excluding carboxylic acids is 1. The van der Waals surface area contributed by atoms with E-state index < -0.39 is 17.8 Å². The van der Waals surface area contributed by atoms with E-state index in [1.165, 1.54) is 12.1 Å². The maximum Gasteiger partial charge on any atom is 0.416 e. The number of urea groups is 1. The third-order valence-electron chi connectivity index (χ3n) is 3.14. The molecule has 154 valence electrons. The van der Waals surface area contributed by atoms with Gasteiger partial charge in [-0.2, -0.15) is 25.8 Å². The fraction of sp³-hybridized carbons (Fsp3) is 0.588. The average molecular weight is 400 g/mol. The molecule has 2 rings (SSSR count). The smallest absolute Gasteiger partial charge is 0.412 e. The number of amides is 2. The van der Waals surface area contributed by atoms with Crippen molar-refractivity contribution in [1.82, 2.24) is 10.6 Å². The summed E-state index contributed by atoms with van der Waals surface area (Å²) in [6.07, 6.45) is -2.67. The summed E-state index contributed by atoms with van der Waals surface area (Å²) in [5.41, 5.74) is -0.397. The second-order valence-corrected chi connectivity index (χ2v) is 8.21. The largest absolute Gasteiger partial charge is 0.416 e. The minimum atomic E-state index is -4.37. The maximum absolute atomic E-state index is 12.4. The molecule has 9 heteroatoms. The van der Waals surface area contributed by atoms with E-state index in [1.54, 1.807) is 0 Å². The Morgan fingerprint density at radius 2 is 1.62 bits per heavy atom. The maximum atomic E-state index is 12.4. The zero-order valence-corrected chi connectivity index (χ0v) is 16.1. The number of benzene rings is 1. The van der Waals surface area contributed by atoms with E-state index in [0.717, 1.165) is 38.1 Å². The second kappa shape index (κ2) is 10.6. The van der Waals surface area contributed by atoms with Crippen LogP contribution in [0.25, 0.3) is 0 Å². The van der Waals surface area contributed by atoms with E-state index in [2.05, 4.69) is 49.4 Å². The highest BCUT2D eigenvalue weighted by Gasteiger charge is 2.30. The number of hydrogen-bond acceptors (Lipinski definition) is 3. The van der Waals surface area contributed by atoms with E-state index in [1.807, 2.05) is 0 Å². The third-order valence-corrected chi connectivity index (χ3v) is 3.14. The molecule has 0 bridgehead atoms. The lowest BCUT2D eigenvalue weighted by Crippen LogP contribution is -2.44. The third kappa shape index (κ3) is 11.2. The molecule has 1 aliphatic rings. The average Bonchev–Trinajstić information content (AvgIpc) is 2.46. The van der Waals surface area contributed by atoms with Gasteiger partial charge in [-0.3, -0.25) is 0 Å². The van der Waals surface area contributed by atoms with E-state index >= 15 is 0 Å². The molecule has 1 heterocycles. The van der Waals surface area contributed by atoms with Crippen molar-refractivity contribution in [1.29, 1.82) is 0 Å². The van der Waals surface area contributed by atoms with Crippen molar-refractivity contribution in [2.45, 2.75) is 50.6 Å². The first kappa shape index (κ1) is 24.6. The highest BCUT2D eigenvalue weighted by atomic mass is 32.1. The van der Waals surface area contributed by atoms with Gasteiger partial charge in [0.2, 0.25) is 0 Å². The van der Waals surface area contributed by atoms with Gasteiger partial charge in [0, 0.05) is 19.3 Å². The number of rotatable bonds is 2. The van der Waals surface area contributed by atoms with E-state index in [-0.39, 0.29) is 19.1 Å². The van der Waals surface area contributed by atoms with Crippen LogP contribution in [0.15, 0.2) is 24.3 Å². The molecule has 1 aromatic rings. The molecule has 1 aliphatic heterocycles. The molecule has 2 amide bonds. The van der Waals surface area contributed by atoms with Crippen molar-refractivity contribution in [2.75, 3.05) is 18.4 Å². The van der Waals surface area contributed by atoms with Gasteiger partial charge >= 0.3 is 12.2 Å². The van der Waals surface area contributed by atoms with Gasteiger partial charge in [0.1, 0.15) is 0 Å². The fourth-order valence-electron chi connectivity index (χ4n) is 2.06. The van der Waals surface area contributed by atoms with E-state index in [9.17, 15) is 18.0 Å². The Labute approximate surface area is 160 Å². The highest BCUT2D eigenvalue weighted by molar-refractivity contribution is 7.81. The highest BCUT2D eigenvalue weighted by Crippen LogP contribution is 2.29. The molecular weight excluding hydrogens is 367 g/mol. The summed E-state index contributed by atoms with van der Waals surface area (Å²) in [6.45, 7) is 7.86. The van der Waals surface area contributed by atoms with Gasteiger partial charge in [-0.15, -0.1) is 0 Å². The van der Waals surface area contributed by atoms with Gasteiger partial charge in [0.15, 0.2) is 0 Å². The Balaban J connectivity index is -0.000000700. The predicted molar refractivity (Wildman–Crippen MR) is 106 cm³/mol. The zero-order valence-electron chi connectivity index (χ0n) is 15.2. The van der Waals surface area contributed by atoms with Crippen molar-refractivity contribution >= 4 is 24.3 Å². The molecule has 0 radical (unpaired) electrons. The Hall–Kier alpha value is -1.45. The van der Waals surface area contributed by atoms with Gasteiger partial charge < -0.3 is 21.4 Å². The molecule has 0 unspecified atom stereocenters. The number of alkyl halides is 3. The Morgan fingerprint density at radius 1 is 1.15 bits per heavy atom. The van der Waals surface area contributed by atoms with Crippen molar-refractivity contribution in [3.05, 3.63) is 29.8 Å². The summed E-state index contributed by atoms with van der Waals surface area (Å²) in [5.74, 6) is 0. The van der Waals surface area contributed by atoms with Crippen LogP contribution >= 0.6 is 12.6 Å². The van der Waals surface area contributed by atoms with Crippen molar-refractivity contribution in [3.8, 4) is 0 Å². The van der Waals surface area contributed by atoms with Gasteiger partial charge in [0.25, 0.3) is 0 Å². The molecule has 0 aliphatic carbocycles. The molecule has 1 saturated heterocycles. The van der Waals surface area contributed by atoms with Crippen molar-refractivity contribution < 1.29 is 26.3 Å². The molecule has 0 spiro atoms. The SMILES string of the molecule is CC(C)(C)S.O.O=C(Nc1ccc(C(F)(F)F)cc1)NC1CCNCC1.[HH].[HH]. The molecule has 1 aromatic carbocycles. The number of halogens is 3. The topological polar surface area (TPSA) is 84.7 Å². The van der Waals surface area contributed by atoms with Crippen LogP contribution in [0.5, 0.6) is 0 Å². The summed E-state index contributed by atoms with van der Waals surface area (Å²) in [6, 6.07) is 4.08. The number of hydrogen-bond donors (Lipinski definition) is 4. The minimum absolute atomic E-state index is 0. The number of anilines is 1. The first-order chi connectivity index (χ1) is 11.4. The van der Waals surface area contributed by atoms with Crippen LogP contribution in [0, 0.1) is 0 Å². The van der Waals surface area contributed by atoms with Crippen molar-refractivity contribution in [2.24, 2.45) is 0 Å². The molecular formula is C17H32F3N3O2S. The van der Waals surface area contributed by atoms with Crippen LogP contribution in [-0.4, -0.2) is 35.4 Å². The van der Waals surface area contributed by atoms with Gasteiger partial charge in [-0.05, 0) is 50.2 Å². The molecule has 5 N–H and O–H groups in total. The lowest BCUT2D eigenvalue weighted by Gasteiger charge is -2.23. The molecule has 0 aromatic heterocycles. The summed E-state index contributed by atoms with van der Waals surface area (Å²) >= 11 is 4.12. The Kier molecular flexibility index (Phi) is 10.0.